The Kier molecular flexibility index (Phi) is 3.16. The molecule has 2 heterocycles. The zero-order valence-corrected chi connectivity index (χ0v) is 13.0. The van der Waals surface area contributed by atoms with Crippen LogP contribution in [0, 0.1) is 27.7 Å². The Morgan fingerprint density at radius 1 is 0.682 bits per heavy atom. The molecule has 0 aliphatic rings. The first-order valence-corrected chi connectivity index (χ1v) is 7.00. The van der Waals surface area contributed by atoms with Crippen LogP contribution in [0.15, 0.2) is 24.3 Å². The number of nitrogens with zero attached hydrogens (tertiary/aromatic N) is 4. The normalized spacial score (nSPS) is 11.1. The van der Waals surface area contributed by atoms with Gasteiger partial charge >= 0.3 is 0 Å². The molecule has 0 radical (unpaired) electrons. The molecule has 2 N–H and O–H groups in total. The van der Waals surface area contributed by atoms with Gasteiger partial charge in [-0.1, -0.05) is 0 Å². The Hall–Kier alpha value is -2.76. The van der Waals surface area contributed by atoms with E-state index in [1.165, 1.54) is 12.1 Å². The van der Waals surface area contributed by atoms with Gasteiger partial charge in [0.05, 0.1) is 11.4 Å². The third-order valence-electron chi connectivity index (χ3n) is 3.55. The van der Waals surface area contributed by atoms with Crippen molar-refractivity contribution in [2.75, 3.05) is 0 Å². The van der Waals surface area contributed by atoms with Crippen molar-refractivity contribution in [2.45, 2.75) is 27.7 Å². The van der Waals surface area contributed by atoms with E-state index >= 15 is 0 Å². The lowest BCUT2D eigenvalue weighted by molar-refractivity contribution is 0.451. The molecule has 0 unspecified atom stereocenters. The second-order valence-electron chi connectivity index (χ2n) is 5.51. The van der Waals surface area contributed by atoms with Crippen molar-refractivity contribution in [1.82, 2.24) is 19.6 Å². The Bertz CT molecular complexity index is 789. The highest BCUT2D eigenvalue weighted by Gasteiger charge is 2.16. The Balaban J connectivity index is 2.17. The molecular formula is C16H18N4O2. The van der Waals surface area contributed by atoms with Crippen molar-refractivity contribution in [3.63, 3.8) is 0 Å². The summed E-state index contributed by atoms with van der Waals surface area (Å²) < 4.78 is 3.21. The van der Waals surface area contributed by atoms with Gasteiger partial charge in [-0.15, -0.1) is 0 Å². The molecule has 0 amide bonds. The van der Waals surface area contributed by atoms with Gasteiger partial charge in [-0.3, -0.25) is 0 Å². The van der Waals surface area contributed by atoms with E-state index in [9.17, 15) is 10.2 Å². The van der Waals surface area contributed by atoms with E-state index < -0.39 is 0 Å². The van der Waals surface area contributed by atoms with Gasteiger partial charge in [0.1, 0.15) is 22.9 Å². The van der Waals surface area contributed by atoms with Crippen molar-refractivity contribution in [3.8, 4) is 22.9 Å². The molecule has 22 heavy (non-hydrogen) atoms. The zero-order chi connectivity index (χ0) is 16.0. The van der Waals surface area contributed by atoms with Crippen LogP contribution in [0.1, 0.15) is 22.8 Å². The highest BCUT2D eigenvalue weighted by atomic mass is 16.3. The van der Waals surface area contributed by atoms with Crippen LogP contribution in [0.4, 0.5) is 0 Å². The molecule has 0 spiro atoms. The van der Waals surface area contributed by atoms with Gasteiger partial charge in [0.25, 0.3) is 0 Å². The summed E-state index contributed by atoms with van der Waals surface area (Å²) in [6, 6.07) is 6.82. The van der Waals surface area contributed by atoms with Crippen LogP contribution >= 0.6 is 0 Å². The summed E-state index contributed by atoms with van der Waals surface area (Å²) in [6.45, 7) is 7.55. The van der Waals surface area contributed by atoms with Crippen LogP contribution in [-0.2, 0) is 0 Å². The molecular weight excluding hydrogens is 280 g/mol. The topological polar surface area (TPSA) is 76.1 Å². The van der Waals surface area contributed by atoms with Crippen molar-refractivity contribution in [1.29, 1.82) is 0 Å². The number of aryl methyl sites for hydroxylation is 4. The van der Waals surface area contributed by atoms with Crippen molar-refractivity contribution < 1.29 is 10.2 Å². The zero-order valence-electron chi connectivity index (χ0n) is 13.0. The summed E-state index contributed by atoms with van der Waals surface area (Å²) in [5.41, 5.74) is 4.33. The first kappa shape index (κ1) is 14.2. The fourth-order valence-corrected chi connectivity index (χ4v) is 2.64. The molecule has 0 atom stereocenters. The first-order chi connectivity index (χ1) is 10.4. The average molecular weight is 298 g/mol. The molecule has 0 aliphatic heterocycles. The lowest BCUT2D eigenvalue weighted by Crippen LogP contribution is -2.03. The van der Waals surface area contributed by atoms with Gasteiger partial charge in [-0.2, -0.15) is 10.2 Å². The Morgan fingerprint density at radius 3 is 1.32 bits per heavy atom. The lowest BCUT2D eigenvalue weighted by atomic mass is 10.2. The van der Waals surface area contributed by atoms with E-state index in [0.717, 1.165) is 22.8 Å². The Morgan fingerprint density at radius 2 is 1.05 bits per heavy atom. The summed E-state index contributed by atoms with van der Waals surface area (Å²) >= 11 is 0. The number of hydrogen-bond donors (Lipinski definition) is 2. The first-order valence-electron chi connectivity index (χ1n) is 7.00. The van der Waals surface area contributed by atoms with E-state index in [2.05, 4.69) is 10.2 Å². The molecule has 3 aromatic rings. The van der Waals surface area contributed by atoms with Crippen molar-refractivity contribution >= 4 is 0 Å². The van der Waals surface area contributed by atoms with E-state index in [-0.39, 0.29) is 11.5 Å². The van der Waals surface area contributed by atoms with Crippen LogP contribution in [0.3, 0.4) is 0 Å². The summed E-state index contributed by atoms with van der Waals surface area (Å²) in [6.07, 6.45) is 0. The largest absolute Gasteiger partial charge is 0.506 e. The fourth-order valence-electron chi connectivity index (χ4n) is 2.64. The number of aromatic nitrogens is 4. The smallest absolute Gasteiger partial charge is 0.143 e. The molecule has 0 saturated carbocycles. The minimum Gasteiger partial charge on any atom is -0.506 e. The number of aromatic hydroxyl groups is 2. The molecule has 1 aromatic carbocycles. The molecule has 0 saturated heterocycles. The molecule has 114 valence electrons. The molecule has 0 fully saturated rings. The SMILES string of the molecule is Cc1cc(C)n(-c2cc(O)c(-n3nc(C)cc3C)cc2O)n1. The maximum absolute atomic E-state index is 10.3. The second kappa shape index (κ2) is 4.91. The minimum absolute atomic E-state index is 0.0338. The Labute approximate surface area is 128 Å². The fraction of sp³-hybridized carbons (Fsp3) is 0.250. The van der Waals surface area contributed by atoms with Crippen LogP contribution in [-0.4, -0.2) is 29.8 Å². The summed E-state index contributed by atoms with van der Waals surface area (Å²) in [5, 5.41) is 29.4. The van der Waals surface area contributed by atoms with Crippen LogP contribution in [0.5, 0.6) is 11.5 Å². The maximum atomic E-state index is 10.3. The number of rotatable bonds is 2. The number of phenols is 2. The number of benzene rings is 1. The summed E-state index contributed by atoms with van der Waals surface area (Å²) in [7, 11) is 0. The monoisotopic (exact) mass is 298 g/mol. The van der Waals surface area contributed by atoms with Crippen molar-refractivity contribution in [2.24, 2.45) is 0 Å². The van der Waals surface area contributed by atoms with Gasteiger partial charge < -0.3 is 10.2 Å². The predicted molar refractivity (Wildman–Crippen MR) is 83.0 cm³/mol. The van der Waals surface area contributed by atoms with Crippen LogP contribution in [0.2, 0.25) is 0 Å². The maximum Gasteiger partial charge on any atom is 0.143 e. The van der Waals surface area contributed by atoms with Crippen molar-refractivity contribution in [3.05, 3.63) is 47.0 Å². The predicted octanol–water partition coefficient (Wildman–Crippen LogP) is 2.70. The van der Waals surface area contributed by atoms with Gasteiger partial charge in [-0.25, -0.2) is 9.36 Å². The summed E-state index contributed by atoms with van der Waals surface area (Å²) in [4.78, 5) is 0. The number of phenolic OH excluding ortho intramolecular Hbond substituents is 2. The molecule has 6 nitrogen and oxygen atoms in total. The second-order valence-corrected chi connectivity index (χ2v) is 5.51. The van der Waals surface area contributed by atoms with E-state index in [4.69, 9.17) is 0 Å². The van der Waals surface area contributed by atoms with Gasteiger partial charge in [0.15, 0.2) is 0 Å². The van der Waals surface area contributed by atoms with E-state index in [1.807, 2.05) is 39.8 Å². The molecule has 2 aromatic heterocycles. The summed E-state index contributed by atoms with van der Waals surface area (Å²) in [5.74, 6) is 0.0677. The minimum atomic E-state index is 0.0338. The van der Waals surface area contributed by atoms with Crippen LogP contribution in [0.25, 0.3) is 11.4 Å². The molecule has 3 rings (SSSR count). The highest BCUT2D eigenvalue weighted by Crippen LogP contribution is 2.33. The van der Waals surface area contributed by atoms with Gasteiger partial charge in [0, 0.05) is 23.5 Å². The number of hydrogen-bond acceptors (Lipinski definition) is 4. The van der Waals surface area contributed by atoms with E-state index in [1.54, 1.807) is 9.36 Å². The van der Waals surface area contributed by atoms with Gasteiger partial charge in [0.2, 0.25) is 0 Å². The highest BCUT2D eigenvalue weighted by molar-refractivity contribution is 5.60. The third kappa shape index (κ3) is 2.22. The average Bonchev–Trinajstić information content (AvgIpc) is 2.93. The third-order valence-corrected chi connectivity index (χ3v) is 3.55. The van der Waals surface area contributed by atoms with Gasteiger partial charge in [-0.05, 0) is 39.8 Å². The molecule has 0 bridgehead atoms. The molecule has 0 aliphatic carbocycles. The van der Waals surface area contributed by atoms with E-state index in [0.29, 0.717) is 11.4 Å². The van der Waals surface area contributed by atoms with Crippen LogP contribution < -0.4 is 0 Å². The standard InChI is InChI=1S/C16H18N4O2/c1-9-5-11(3)19(17-9)13-7-16(22)14(8-15(13)21)20-12(4)6-10(2)18-20/h5-8,21-22H,1-4H3. The lowest BCUT2D eigenvalue weighted by Gasteiger charge is -2.12. The quantitative estimate of drug-likeness (QED) is 0.713. The molecule has 6 heteroatoms.